The fourth-order valence-electron chi connectivity index (χ4n) is 1.76. The summed E-state index contributed by atoms with van der Waals surface area (Å²) in [5.74, 6) is -0.897. The lowest BCUT2D eigenvalue weighted by Gasteiger charge is -2.05. The van der Waals surface area contributed by atoms with Gasteiger partial charge in [0.25, 0.3) is 0 Å². The van der Waals surface area contributed by atoms with Crippen molar-refractivity contribution in [3.05, 3.63) is 53.1 Å². The van der Waals surface area contributed by atoms with E-state index in [0.717, 1.165) is 25.1 Å². The van der Waals surface area contributed by atoms with Gasteiger partial charge >= 0.3 is 5.97 Å². The van der Waals surface area contributed by atoms with Gasteiger partial charge in [0.15, 0.2) is 0 Å². The number of hydrogen-bond acceptors (Lipinski definition) is 2. The van der Waals surface area contributed by atoms with E-state index in [4.69, 9.17) is 5.11 Å². The molecule has 0 aliphatic rings. The minimum absolute atomic E-state index is 0.309. The van der Waals surface area contributed by atoms with Crippen molar-refractivity contribution in [2.45, 2.75) is 33.6 Å². The Labute approximate surface area is 121 Å². The van der Waals surface area contributed by atoms with E-state index >= 15 is 0 Å². The molecule has 0 aliphatic heterocycles. The maximum atomic E-state index is 10.7. The zero-order valence-corrected chi connectivity index (χ0v) is 12.4. The second kappa shape index (κ2) is 8.20. The molecule has 0 heterocycles. The maximum Gasteiger partial charge on any atom is 0.335 e. The molecule has 3 heteroatoms. The Bertz CT molecular complexity index is 494. The quantitative estimate of drug-likeness (QED) is 0.720. The second-order valence-electron chi connectivity index (χ2n) is 5.13. The zero-order chi connectivity index (χ0) is 15.0. The first-order valence-corrected chi connectivity index (χ1v) is 6.85. The van der Waals surface area contributed by atoms with Crippen LogP contribution >= 0.6 is 0 Å². The Morgan fingerprint density at radius 3 is 2.35 bits per heavy atom. The molecule has 1 aromatic rings. The molecule has 0 unspecified atom stereocenters. The van der Waals surface area contributed by atoms with Gasteiger partial charge < -0.3 is 10.4 Å². The molecule has 1 aromatic carbocycles. The fourth-order valence-corrected chi connectivity index (χ4v) is 1.76. The van der Waals surface area contributed by atoms with Crippen LogP contribution in [0, 0.1) is 0 Å². The smallest absolute Gasteiger partial charge is 0.335 e. The summed E-state index contributed by atoms with van der Waals surface area (Å²) in [6.07, 6.45) is 6.57. The van der Waals surface area contributed by atoms with E-state index in [1.807, 2.05) is 0 Å². The maximum absolute atomic E-state index is 10.7. The normalized spacial score (nSPS) is 11.1. The van der Waals surface area contributed by atoms with Gasteiger partial charge in [0.05, 0.1) is 5.56 Å². The Morgan fingerprint density at radius 2 is 1.80 bits per heavy atom. The summed E-state index contributed by atoms with van der Waals surface area (Å²) in [6, 6.07) is 6.79. The number of carboxylic acid groups (broad SMARTS) is 1. The number of rotatable bonds is 7. The molecule has 3 nitrogen and oxygen atoms in total. The van der Waals surface area contributed by atoms with Gasteiger partial charge in [-0.25, -0.2) is 4.79 Å². The highest BCUT2D eigenvalue weighted by atomic mass is 16.4. The predicted molar refractivity (Wildman–Crippen MR) is 84.3 cm³/mol. The molecule has 0 spiro atoms. The first-order chi connectivity index (χ1) is 9.49. The van der Waals surface area contributed by atoms with Gasteiger partial charge in [-0.05, 0) is 57.9 Å². The van der Waals surface area contributed by atoms with E-state index in [9.17, 15) is 4.79 Å². The number of hydrogen-bond donors (Lipinski definition) is 2. The van der Waals surface area contributed by atoms with E-state index in [1.54, 1.807) is 24.3 Å². The van der Waals surface area contributed by atoms with E-state index in [1.165, 1.54) is 11.1 Å². The summed E-state index contributed by atoms with van der Waals surface area (Å²) in [4.78, 5) is 10.7. The van der Waals surface area contributed by atoms with Gasteiger partial charge in [-0.3, -0.25) is 0 Å². The molecule has 0 aromatic heterocycles. The van der Waals surface area contributed by atoms with E-state index in [0.29, 0.717) is 5.56 Å². The highest BCUT2D eigenvalue weighted by Gasteiger charge is 2.00. The van der Waals surface area contributed by atoms with Crippen molar-refractivity contribution in [3.8, 4) is 0 Å². The van der Waals surface area contributed by atoms with Gasteiger partial charge in [0.1, 0.15) is 0 Å². The lowest BCUT2D eigenvalue weighted by molar-refractivity contribution is 0.0697. The molecule has 1 rings (SSSR count). The van der Waals surface area contributed by atoms with Crippen LogP contribution in [0.2, 0.25) is 0 Å². The lowest BCUT2D eigenvalue weighted by atomic mass is 10.1. The molecule has 0 atom stereocenters. The van der Waals surface area contributed by atoms with Gasteiger partial charge in [0, 0.05) is 12.2 Å². The number of anilines is 1. The standard InChI is InChI=1S/C17H23NO2/c1-13(2)5-4-6-14(3)11-12-18-16-9-7-15(8-10-16)17(19)20/h5,7-11,18H,4,6,12H2,1-3H3,(H,19,20). The summed E-state index contributed by atoms with van der Waals surface area (Å²) < 4.78 is 0. The summed E-state index contributed by atoms with van der Waals surface area (Å²) in [5.41, 5.74) is 3.96. The average molecular weight is 273 g/mol. The molecule has 0 amide bonds. The Balaban J connectivity index is 2.39. The van der Waals surface area contributed by atoms with Crippen LogP contribution < -0.4 is 5.32 Å². The summed E-state index contributed by atoms with van der Waals surface area (Å²) in [5, 5.41) is 12.1. The molecule has 20 heavy (non-hydrogen) atoms. The SMILES string of the molecule is CC(C)=CCCC(C)=CCNc1ccc(C(=O)O)cc1. The molecule has 2 N–H and O–H groups in total. The van der Waals surface area contributed by atoms with Crippen molar-refractivity contribution in [2.75, 3.05) is 11.9 Å². The molecule has 108 valence electrons. The van der Waals surface area contributed by atoms with Gasteiger partial charge in [-0.2, -0.15) is 0 Å². The van der Waals surface area contributed by atoms with Crippen LogP contribution in [-0.4, -0.2) is 17.6 Å². The van der Waals surface area contributed by atoms with Crippen molar-refractivity contribution < 1.29 is 9.90 Å². The third-order valence-corrected chi connectivity index (χ3v) is 2.98. The monoisotopic (exact) mass is 273 g/mol. The minimum Gasteiger partial charge on any atom is -0.478 e. The molecule has 0 radical (unpaired) electrons. The molecular weight excluding hydrogens is 250 g/mol. The van der Waals surface area contributed by atoms with Gasteiger partial charge in [0.2, 0.25) is 0 Å². The average Bonchev–Trinajstić information content (AvgIpc) is 2.39. The Morgan fingerprint density at radius 1 is 1.15 bits per heavy atom. The number of carbonyl (C=O) groups is 1. The summed E-state index contributed by atoms with van der Waals surface area (Å²) >= 11 is 0. The van der Waals surface area contributed by atoms with Gasteiger partial charge in [-0.1, -0.05) is 23.3 Å². The molecule has 0 bridgehead atoms. The van der Waals surface area contributed by atoms with E-state index in [2.05, 4.69) is 38.2 Å². The fraction of sp³-hybridized carbons (Fsp3) is 0.353. The summed E-state index contributed by atoms with van der Waals surface area (Å²) in [7, 11) is 0. The highest BCUT2D eigenvalue weighted by molar-refractivity contribution is 5.87. The lowest BCUT2D eigenvalue weighted by Crippen LogP contribution is -2.00. The number of aromatic carboxylic acids is 1. The van der Waals surface area contributed by atoms with Gasteiger partial charge in [-0.15, -0.1) is 0 Å². The van der Waals surface area contributed by atoms with Crippen molar-refractivity contribution in [3.63, 3.8) is 0 Å². The van der Waals surface area contributed by atoms with Crippen LogP contribution in [0.5, 0.6) is 0 Å². The topological polar surface area (TPSA) is 49.3 Å². The third kappa shape index (κ3) is 6.23. The van der Waals surface area contributed by atoms with Crippen molar-refractivity contribution in [2.24, 2.45) is 0 Å². The molecule has 0 aliphatic carbocycles. The van der Waals surface area contributed by atoms with Crippen LogP contribution in [0.3, 0.4) is 0 Å². The number of allylic oxidation sites excluding steroid dienone is 3. The number of benzene rings is 1. The van der Waals surface area contributed by atoms with Crippen LogP contribution in [0.15, 0.2) is 47.6 Å². The predicted octanol–water partition coefficient (Wildman–Crippen LogP) is 4.49. The summed E-state index contributed by atoms with van der Waals surface area (Å²) in [6.45, 7) is 7.11. The second-order valence-corrected chi connectivity index (χ2v) is 5.13. The minimum atomic E-state index is -0.897. The zero-order valence-electron chi connectivity index (χ0n) is 12.4. The molecule has 0 fully saturated rings. The third-order valence-electron chi connectivity index (χ3n) is 2.98. The largest absolute Gasteiger partial charge is 0.478 e. The number of carboxylic acids is 1. The highest BCUT2D eigenvalue weighted by Crippen LogP contribution is 2.10. The van der Waals surface area contributed by atoms with E-state index < -0.39 is 5.97 Å². The first kappa shape index (κ1) is 16.0. The van der Waals surface area contributed by atoms with E-state index in [-0.39, 0.29) is 0 Å². The van der Waals surface area contributed by atoms with Crippen LogP contribution in [-0.2, 0) is 0 Å². The van der Waals surface area contributed by atoms with Crippen molar-refractivity contribution in [1.29, 1.82) is 0 Å². The van der Waals surface area contributed by atoms with Crippen LogP contribution in [0.25, 0.3) is 0 Å². The Hall–Kier alpha value is -2.03. The van der Waals surface area contributed by atoms with Crippen molar-refractivity contribution >= 4 is 11.7 Å². The van der Waals surface area contributed by atoms with Crippen molar-refractivity contribution in [1.82, 2.24) is 0 Å². The van der Waals surface area contributed by atoms with Crippen LogP contribution in [0.1, 0.15) is 44.0 Å². The first-order valence-electron chi connectivity index (χ1n) is 6.85. The molecule has 0 saturated heterocycles. The number of nitrogens with one attached hydrogen (secondary N) is 1. The molecule has 0 saturated carbocycles. The molecular formula is C17H23NO2. The van der Waals surface area contributed by atoms with Crippen LogP contribution in [0.4, 0.5) is 5.69 Å². The Kier molecular flexibility index (Phi) is 6.57.